The zero-order valence-electron chi connectivity index (χ0n) is 8.15. The Bertz CT molecular complexity index is 280. The summed E-state index contributed by atoms with van der Waals surface area (Å²) in [4.78, 5) is 0. The molecule has 1 aliphatic rings. The summed E-state index contributed by atoms with van der Waals surface area (Å²) in [5.41, 5.74) is 0. The van der Waals surface area contributed by atoms with Crippen molar-refractivity contribution in [2.75, 3.05) is 6.54 Å². The summed E-state index contributed by atoms with van der Waals surface area (Å²) in [5, 5.41) is 10.5. The maximum atomic E-state index is 11.0. The molecule has 14 heavy (non-hydrogen) atoms. The van der Waals surface area contributed by atoms with Gasteiger partial charge in [-0.2, -0.15) is 0 Å². The number of sulfonamides is 1. The minimum atomic E-state index is -3.39. The lowest BCUT2D eigenvalue weighted by molar-refractivity contribution is 0.115. The highest BCUT2D eigenvalue weighted by Crippen LogP contribution is 2.27. The molecule has 0 heterocycles. The van der Waals surface area contributed by atoms with Gasteiger partial charge in [0.2, 0.25) is 10.0 Å². The van der Waals surface area contributed by atoms with E-state index in [0.29, 0.717) is 0 Å². The molecule has 0 aliphatic heterocycles. The second-order valence-corrected chi connectivity index (χ2v) is 5.38. The Kier molecular flexibility index (Phi) is 4.10. The van der Waals surface area contributed by atoms with Gasteiger partial charge in [0.1, 0.15) is 0 Å². The van der Waals surface area contributed by atoms with E-state index in [4.69, 9.17) is 0 Å². The molecule has 5 heteroatoms. The highest BCUT2D eigenvalue weighted by molar-refractivity contribution is 7.92. The predicted octanol–water partition coefficient (Wildman–Crippen LogP) is 0.600. The molecular formula is C9H17NO3S. The second-order valence-electron chi connectivity index (χ2n) is 3.67. The molecule has 0 aromatic rings. The predicted molar refractivity (Wildman–Crippen MR) is 55.1 cm³/mol. The molecule has 1 atom stereocenters. The average molecular weight is 219 g/mol. The molecule has 0 saturated heterocycles. The number of rotatable bonds is 5. The smallest absolute Gasteiger partial charge is 0.233 e. The minimum absolute atomic E-state index is 0.0963. The Hall–Kier alpha value is -0.390. The second kappa shape index (κ2) is 4.91. The van der Waals surface area contributed by atoms with Crippen molar-refractivity contribution in [1.82, 2.24) is 4.72 Å². The first-order chi connectivity index (χ1) is 6.55. The fourth-order valence-corrected chi connectivity index (χ4v) is 2.29. The first kappa shape index (κ1) is 11.7. The van der Waals surface area contributed by atoms with E-state index in [0.717, 1.165) is 31.1 Å². The summed E-state index contributed by atoms with van der Waals surface area (Å²) in [6.07, 6.45) is 3.70. The molecule has 0 aromatic carbocycles. The first-order valence-corrected chi connectivity index (χ1v) is 6.40. The van der Waals surface area contributed by atoms with E-state index in [2.05, 4.69) is 11.3 Å². The molecule has 0 radical (unpaired) electrons. The van der Waals surface area contributed by atoms with Gasteiger partial charge in [0, 0.05) is 12.0 Å². The molecule has 82 valence electrons. The van der Waals surface area contributed by atoms with Crippen LogP contribution in [0, 0.1) is 5.92 Å². The third kappa shape index (κ3) is 3.40. The van der Waals surface area contributed by atoms with Crippen molar-refractivity contribution in [3.05, 3.63) is 12.0 Å². The summed E-state index contributed by atoms with van der Waals surface area (Å²) in [5.74, 6) is 0.252. The van der Waals surface area contributed by atoms with Crippen LogP contribution in [-0.2, 0) is 10.0 Å². The van der Waals surface area contributed by atoms with E-state index in [1.54, 1.807) is 0 Å². The van der Waals surface area contributed by atoms with Crippen LogP contribution in [0.15, 0.2) is 12.0 Å². The molecule has 0 aromatic heterocycles. The molecule has 0 spiro atoms. The topological polar surface area (TPSA) is 66.4 Å². The Morgan fingerprint density at radius 2 is 2.07 bits per heavy atom. The molecule has 1 fully saturated rings. The molecule has 4 nitrogen and oxygen atoms in total. The maximum absolute atomic E-state index is 11.0. The van der Waals surface area contributed by atoms with Crippen molar-refractivity contribution in [1.29, 1.82) is 0 Å². The van der Waals surface area contributed by atoms with Crippen LogP contribution in [0.1, 0.15) is 25.7 Å². The third-order valence-corrected chi connectivity index (χ3v) is 3.66. The summed E-state index contributed by atoms with van der Waals surface area (Å²) in [6.45, 7) is 3.27. The van der Waals surface area contributed by atoms with Gasteiger partial charge in [-0.05, 0) is 18.8 Å². The van der Waals surface area contributed by atoms with Gasteiger partial charge < -0.3 is 5.11 Å². The summed E-state index contributed by atoms with van der Waals surface area (Å²) in [7, 11) is -3.39. The molecule has 1 unspecified atom stereocenters. The molecule has 2 N–H and O–H groups in total. The summed E-state index contributed by atoms with van der Waals surface area (Å²) >= 11 is 0. The van der Waals surface area contributed by atoms with Gasteiger partial charge in [-0.1, -0.05) is 19.4 Å². The van der Waals surface area contributed by atoms with E-state index in [1.807, 2.05) is 0 Å². The SMILES string of the molecule is C=CS(=O)(=O)NCC(O)C1CCCC1. The molecule has 0 amide bonds. The van der Waals surface area contributed by atoms with Crippen molar-refractivity contribution in [2.45, 2.75) is 31.8 Å². The van der Waals surface area contributed by atoms with Gasteiger partial charge in [-0.15, -0.1) is 0 Å². The van der Waals surface area contributed by atoms with Crippen LogP contribution in [-0.4, -0.2) is 26.2 Å². The quantitative estimate of drug-likeness (QED) is 0.711. The zero-order chi connectivity index (χ0) is 10.6. The van der Waals surface area contributed by atoms with Crippen molar-refractivity contribution in [3.8, 4) is 0 Å². The molecule has 1 rings (SSSR count). The van der Waals surface area contributed by atoms with Crippen molar-refractivity contribution in [3.63, 3.8) is 0 Å². The van der Waals surface area contributed by atoms with Gasteiger partial charge in [-0.25, -0.2) is 13.1 Å². The fraction of sp³-hybridized carbons (Fsp3) is 0.778. The highest BCUT2D eigenvalue weighted by Gasteiger charge is 2.23. The number of hydrogen-bond acceptors (Lipinski definition) is 3. The van der Waals surface area contributed by atoms with E-state index in [-0.39, 0.29) is 12.5 Å². The van der Waals surface area contributed by atoms with E-state index >= 15 is 0 Å². The van der Waals surface area contributed by atoms with Gasteiger partial charge in [0.05, 0.1) is 6.10 Å². The molecule has 1 aliphatic carbocycles. The number of aliphatic hydroxyl groups excluding tert-OH is 1. The average Bonchev–Trinajstić information content (AvgIpc) is 2.67. The summed E-state index contributed by atoms with van der Waals surface area (Å²) in [6, 6.07) is 0. The lowest BCUT2D eigenvalue weighted by Crippen LogP contribution is -2.34. The van der Waals surface area contributed by atoms with Crippen LogP contribution in [0.25, 0.3) is 0 Å². The van der Waals surface area contributed by atoms with Crippen LogP contribution < -0.4 is 4.72 Å². The molecular weight excluding hydrogens is 202 g/mol. The third-order valence-electron chi connectivity index (χ3n) is 2.66. The van der Waals surface area contributed by atoms with Gasteiger partial charge >= 0.3 is 0 Å². The van der Waals surface area contributed by atoms with Crippen LogP contribution in [0.3, 0.4) is 0 Å². The Morgan fingerprint density at radius 1 is 1.50 bits per heavy atom. The van der Waals surface area contributed by atoms with Crippen LogP contribution >= 0.6 is 0 Å². The van der Waals surface area contributed by atoms with Crippen molar-refractivity contribution < 1.29 is 13.5 Å². The van der Waals surface area contributed by atoms with Gasteiger partial charge in [0.15, 0.2) is 0 Å². The zero-order valence-corrected chi connectivity index (χ0v) is 8.96. The normalized spacial score (nSPS) is 20.9. The van der Waals surface area contributed by atoms with Gasteiger partial charge in [0.25, 0.3) is 0 Å². The summed E-state index contributed by atoms with van der Waals surface area (Å²) < 4.78 is 24.2. The minimum Gasteiger partial charge on any atom is -0.391 e. The monoisotopic (exact) mass is 219 g/mol. The maximum Gasteiger partial charge on any atom is 0.233 e. The number of hydrogen-bond donors (Lipinski definition) is 2. The van der Waals surface area contributed by atoms with Gasteiger partial charge in [-0.3, -0.25) is 0 Å². The lowest BCUT2D eigenvalue weighted by atomic mass is 10.0. The Labute approximate surface area is 85.1 Å². The highest BCUT2D eigenvalue weighted by atomic mass is 32.2. The van der Waals surface area contributed by atoms with E-state index < -0.39 is 16.1 Å². The lowest BCUT2D eigenvalue weighted by Gasteiger charge is -2.17. The van der Waals surface area contributed by atoms with E-state index in [9.17, 15) is 13.5 Å². The van der Waals surface area contributed by atoms with Crippen LogP contribution in [0.5, 0.6) is 0 Å². The van der Waals surface area contributed by atoms with Crippen molar-refractivity contribution in [2.24, 2.45) is 5.92 Å². The Balaban J connectivity index is 2.33. The molecule has 1 saturated carbocycles. The largest absolute Gasteiger partial charge is 0.391 e. The standard InChI is InChI=1S/C9H17NO3S/c1-2-14(12,13)10-7-9(11)8-5-3-4-6-8/h2,8-11H,1,3-7H2. The first-order valence-electron chi connectivity index (χ1n) is 4.85. The van der Waals surface area contributed by atoms with Crippen LogP contribution in [0.4, 0.5) is 0 Å². The fourth-order valence-electron chi connectivity index (χ4n) is 1.77. The number of nitrogens with one attached hydrogen (secondary N) is 1. The van der Waals surface area contributed by atoms with E-state index in [1.165, 1.54) is 0 Å². The molecule has 0 bridgehead atoms. The van der Waals surface area contributed by atoms with Crippen molar-refractivity contribution >= 4 is 10.0 Å². The number of aliphatic hydroxyl groups is 1. The van der Waals surface area contributed by atoms with Crippen LogP contribution in [0.2, 0.25) is 0 Å². The Morgan fingerprint density at radius 3 is 2.57 bits per heavy atom.